The molecule has 0 aliphatic heterocycles. The van der Waals surface area contributed by atoms with Crippen molar-refractivity contribution in [3.63, 3.8) is 0 Å². The number of halogens is 2. The van der Waals surface area contributed by atoms with Gasteiger partial charge in [-0.2, -0.15) is 0 Å². The van der Waals surface area contributed by atoms with Gasteiger partial charge >= 0.3 is 0 Å². The minimum absolute atomic E-state index is 0.0173. The summed E-state index contributed by atoms with van der Waals surface area (Å²) in [5.41, 5.74) is -0.928. The second kappa shape index (κ2) is 5.20. The summed E-state index contributed by atoms with van der Waals surface area (Å²) in [4.78, 5) is 0. The molecule has 0 spiro atoms. The molecule has 1 N–H and O–H groups in total. The van der Waals surface area contributed by atoms with Crippen LogP contribution in [-0.4, -0.2) is 5.11 Å². The first-order chi connectivity index (χ1) is 8.84. The van der Waals surface area contributed by atoms with Crippen LogP contribution in [0.1, 0.15) is 45.6 Å². The van der Waals surface area contributed by atoms with E-state index in [0.717, 1.165) is 18.9 Å². The van der Waals surface area contributed by atoms with Gasteiger partial charge in [-0.05, 0) is 36.7 Å². The fraction of sp³-hybridized carbons (Fsp3) is 0.625. The van der Waals surface area contributed by atoms with Crippen LogP contribution in [0.2, 0.25) is 0 Å². The van der Waals surface area contributed by atoms with Crippen LogP contribution < -0.4 is 0 Å². The first kappa shape index (κ1) is 14.4. The lowest BCUT2D eigenvalue weighted by molar-refractivity contribution is -0.0888. The zero-order chi connectivity index (χ0) is 14.2. The molecule has 1 aromatic carbocycles. The highest BCUT2D eigenvalue weighted by atomic mass is 19.1. The van der Waals surface area contributed by atoms with E-state index in [1.807, 2.05) is 13.8 Å². The van der Waals surface area contributed by atoms with E-state index in [1.165, 1.54) is 12.1 Å². The largest absolute Gasteiger partial charge is 0.385 e. The van der Waals surface area contributed by atoms with Crippen LogP contribution in [-0.2, 0) is 5.60 Å². The summed E-state index contributed by atoms with van der Waals surface area (Å²) in [6, 6.07) is 3.50. The highest BCUT2D eigenvalue weighted by Crippen LogP contribution is 2.47. The molecule has 3 unspecified atom stereocenters. The third-order valence-corrected chi connectivity index (χ3v) is 4.45. The molecule has 1 saturated carbocycles. The summed E-state index contributed by atoms with van der Waals surface area (Å²) in [7, 11) is 0. The summed E-state index contributed by atoms with van der Waals surface area (Å²) >= 11 is 0. The van der Waals surface area contributed by atoms with E-state index in [0.29, 0.717) is 12.3 Å². The second-order valence-electron chi connectivity index (χ2n) is 6.29. The third kappa shape index (κ3) is 2.66. The first-order valence-electron chi connectivity index (χ1n) is 7.02. The van der Waals surface area contributed by atoms with E-state index in [1.54, 1.807) is 0 Å². The predicted molar refractivity (Wildman–Crippen MR) is 71.6 cm³/mol. The normalized spacial score (nSPS) is 31.7. The molecule has 1 aliphatic rings. The Morgan fingerprint density at radius 2 is 1.95 bits per heavy atom. The van der Waals surface area contributed by atoms with Crippen molar-refractivity contribution in [3.05, 3.63) is 35.4 Å². The zero-order valence-electron chi connectivity index (χ0n) is 11.8. The lowest BCUT2D eigenvalue weighted by Gasteiger charge is -2.45. The van der Waals surface area contributed by atoms with Crippen LogP contribution in [0.4, 0.5) is 8.78 Å². The van der Waals surface area contributed by atoms with E-state index < -0.39 is 17.2 Å². The van der Waals surface area contributed by atoms with Crippen LogP contribution >= 0.6 is 0 Å². The van der Waals surface area contributed by atoms with Crippen LogP contribution in [0.25, 0.3) is 0 Å². The van der Waals surface area contributed by atoms with Crippen molar-refractivity contribution < 1.29 is 13.9 Å². The molecule has 0 saturated heterocycles. The lowest BCUT2D eigenvalue weighted by atomic mass is 9.64. The Hall–Kier alpha value is -0.960. The van der Waals surface area contributed by atoms with Gasteiger partial charge < -0.3 is 5.11 Å². The highest BCUT2D eigenvalue weighted by Gasteiger charge is 2.45. The summed E-state index contributed by atoms with van der Waals surface area (Å²) in [6.45, 7) is 6.17. The maximum Gasteiger partial charge on any atom is 0.132 e. The SMILES string of the molecule is CC1CCC(C(C)C)C(O)(c2ccc(F)cc2F)C1. The van der Waals surface area contributed by atoms with Crippen molar-refractivity contribution in [2.45, 2.75) is 45.6 Å². The van der Waals surface area contributed by atoms with Gasteiger partial charge in [0.1, 0.15) is 11.6 Å². The van der Waals surface area contributed by atoms with Crippen LogP contribution in [0.3, 0.4) is 0 Å². The summed E-state index contributed by atoms with van der Waals surface area (Å²) in [5.74, 6) is -0.605. The molecule has 3 atom stereocenters. The van der Waals surface area contributed by atoms with Gasteiger partial charge in [0.2, 0.25) is 0 Å². The third-order valence-electron chi connectivity index (χ3n) is 4.45. The predicted octanol–water partition coefficient (Wildman–Crippen LogP) is 4.24. The van der Waals surface area contributed by atoms with Gasteiger partial charge in [-0.3, -0.25) is 0 Å². The van der Waals surface area contributed by atoms with E-state index in [-0.39, 0.29) is 17.4 Å². The molecule has 2 rings (SSSR count). The van der Waals surface area contributed by atoms with E-state index >= 15 is 0 Å². The number of benzene rings is 1. The van der Waals surface area contributed by atoms with Crippen molar-refractivity contribution in [1.82, 2.24) is 0 Å². The molecule has 1 fully saturated rings. The van der Waals surface area contributed by atoms with Crippen molar-refractivity contribution in [2.75, 3.05) is 0 Å². The topological polar surface area (TPSA) is 20.2 Å². The fourth-order valence-corrected chi connectivity index (χ4v) is 3.52. The molecule has 19 heavy (non-hydrogen) atoms. The molecule has 1 aliphatic carbocycles. The summed E-state index contributed by atoms with van der Waals surface area (Å²) < 4.78 is 27.1. The molecule has 0 heterocycles. The van der Waals surface area contributed by atoms with E-state index in [9.17, 15) is 13.9 Å². The molecular weight excluding hydrogens is 246 g/mol. The Morgan fingerprint density at radius 3 is 2.53 bits per heavy atom. The number of hydrogen-bond acceptors (Lipinski definition) is 1. The Kier molecular flexibility index (Phi) is 3.95. The van der Waals surface area contributed by atoms with Gasteiger partial charge in [0.15, 0.2) is 0 Å². The average Bonchev–Trinajstić information content (AvgIpc) is 2.27. The van der Waals surface area contributed by atoms with E-state index in [2.05, 4.69) is 6.92 Å². The zero-order valence-corrected chi connectivity index (χ0v) is 11.8. The lowest BCUT2D eigenvalue weighted by Crippen LogP contribution is -2.43. The van der Waals surface area contributed by atoms with Crippen LogP contribution in [0.15, 0.2) is 18.2 Å². The van der Waals surface area contributed by atoms with Gasteiger partial charge in [0.05, 0.1) is 5.60 Å². The molecule has 3 heteroatoms. The quantitative estimate of drug-likeness (QED) is 0.850. The van der Waals surface area contributed by atoms with Crippen LogP contribution in [0, 0.1) is 29.4 Å². The molecule has 0 radical (unpaired) electrons. The van der Waals surface area contributed by atoms with Gasteiger partial charge in [-0.15, -0.1) is 0 Å². The van der Waals surface area contributed by atoms with Crippen LogP contribution in [0.5, 0.6) is 0 Å². The van der Waals surface area contributed by atoms with Gasteiger partial charge in [-0.1, -0.05) is 33.3 Å². The van der Waals surface area contributed by atoms with Crippen molar-refractivity contribution >= 4 is 0 Å². The van der Waals surface area contributed by atoms with Gasteiger partial charge in [0, 0.05) is 11.6 Å². The fourth-order valence-electron chi connectivity index (χ4n) is 3.52. The maximum atomic E-state index is 14.0. The second-order valence-corrected chi connectivity index (χ2v) is 6.29. The average molecular weight is 268 g/mol. The number of rotatable bonds is 2. The Balaban J connectivity index is 2.46. The smallest absolute Gasteiger partial charge is 0.132 e. The molecular formula is C16H22F2O. The standard InChI is InChI=1S/C16H22F2O/c1-10(2)13-6-4-11(3)9-16(13,19)14-7-5-12(17)8-15(14)18/h5,7-8,10-11,13,19H,4,6,9H2,1-3H3. The molecule has 0 amide bonds. The van der Waals surface area contributed by atoms with Crippen molar-refractivity contribution in [2.24, 2.45) is 17.8 Å². The Bertz CT molecular complexity index is 458. The Morgan fingerprint density at radius 1 is 1.26 bits per heavy atom. The first-order valence-corrected chi connectivity index (χ1v) is 7.02. The molecule has 1 aromatic rings. The van der Waals surface area contributed by atoms with Crippen molar-refractivity contribution in [1.29, 1.82) is 0 Å². The minimum atomic E-state index is -1.18. The molecule has 106 valence electrons. The van der Waals surface area contributed by atoms with Crippen molar-refractivity contribution in [3.8, 4) is 0 Å². The minimum Gasteiger partial charge on any atom is -0.385 e. The maximum absolute atomic E-state index is 14.0. The molecule has 1 nitrogen and oxygen atoms in total. The Labute approximate surface area is 113 Å². The van der Waals surface area contributed by atoms with Gasteiger partial charge in [0.25, 0.3) is 0 Å². The summed E-state index contributed by atoms with van der Waals surface area (Å²) in [5, 5.41) is 11.1. The summed E-state index contributed by atoms with van der Waals surface area (Å²) in [6.07, 6.45) is 2.47. The highest BCUT2D eigenvalue weighted by molar-refractivity contribution is 5.27. The molecule has 0 aromatic heterocycles. The van der Waals surface area contributed by atoms with Gasteiger partial charge in [-0.25, -0.2) is 8.78 Å². The number of aliphatic hydroxyl groups is 1. The molecule has 0 bridgehead atoms. The van der Waals surface area contributed by atoms with E-state index in [4.69, 9.17) is 0 Å². The monoisotopic (exact) mass is 268 g/mol. The number of hydrogen-bond donors (Lipinski definition) is 1.